The number of ether oxygens (including phenoxy) is 2. The Hall–Kier alpha value is -2.99. The maximum Gasteiger partial charge on any atom is 0.219 e. The first-order valence-corrected chi connectivity index (χ1v) is 9.35. The molecule has 146 valence electrons. The molecule has 3 aromatic rings. The van der Waals surface area contributed by atoms with Crippen LogP contribution in [0.4, 0.5) is 5.82 Å². The molecule has 1 aromatic carbocycles. The summed E-state index contributed by atoms with van der Waals surface area (Å²) in [6.07, 6.45) is 5.73. The van der Waals surface area contributed by atoms with Gasteiger partial charge in [0.15, 0.2) is 5.82 Å². The highest BCUT2D eigenvalue weighted by molar-refractivity contribution is 6.32. The predicted octanol–water partition coefficient (Wildman–Crippen LogP) is 5.74. The van der Waals surface area contributed by atoms with E-state index in [-0.39, 0.29) is 6.04 Å². The van der Waals surface area contributed by atoms with E-state index in [0.717, 1.165) is 11.3 Å². The highest BCUT2D eigenvalue weighted by atomic mass is 35.5. The summed E-state index contributed by atoms with van der Waals surface area (Å²) in [5.41, 5.74) is 0.954. The van der Waals surface area contributed by atoms with E-state index in [9.17, 15) is 0 Å². The van der Waals surface area contributed by atoms with Crippen LogP contribution in [0, 0.1) is 6.92 Å². The van der Waals surface area contributed by atoms with Crippen LogP contribution < -0.4 is 14.8 Å². The molecule has 0 saturated carbocycles. The smallest absolute Gasteiger partial charge is 0.219 e. The van der Waals surface area contributed by atoms with Crippen molar-refractivity contribution in [3.63, 3.8) is 0 Å². The van der Waals surface area contributed by atoms with Gasteiger partial charge in [-0.2, -0.15) is 0 Å². The van der Waals surface area contributed by atoms with Gasteiger partial charge in [-0.3, -0.25) is 0 Å². The lowest BCUT2D eigenvalue weighted by atomic mass is 10.2. The zero-order chi connectivity index (χ0) is 19.9. The average molecular weight is 400 g/mol. The number of halogens is 1. The van der Waals surface area contributed by atoms with Crippen molar-refractivity contribution >= 4 is 23.5 Å². The summed E-state index contributed by atoms with van der Waals surface area (Å²) in [5.74, 6) is 3.18. The zero-order valence-electron chi connectivity index (χ0n) is 16.0. The van der Waals surface area contributed by atoms with Gasteiger partial charge >= 0.3 is 0 Å². The first-order chi connectivity index (χ1) is 13.5. The minimum atomic E-state index is 0.0862. The molecule has 0 aliphatic carbocycles. The molecular formula is C21H22ClN3O3. The molecule has 3 rings (SSSR count). The van der Waals surface area contributed by atoms with Crippen LogP contribution in [0.25, 0.3) is 6.08 Å². The number of aromatic nitrogens is 2. The third kappa shape index (κ3) is 5.50. The van der Waals surface area contributed by atoms with Gasteiger partial charge in [-0.25, -0.2) is 4.98 Å². The van der Waals surface area contributed by atoms with Crippen molar-refractivity contribution in [3.05, 3.63) is 65.0 Å². The molecule has 28 heavy (non-hydrogen) atoms. The number of rotatable bonds is 8. The van der Waals surface area contributed by atoms with E-state index >= 15 is 0 Å². The first kappa shape index (κ1) is 19.8. The molecule has 7 heteroatoms. The summed E-state index contributed by atoms with van der Waals surface area (Å²) >= 11 is 6.24. The van der Waals surface area contributed by atoms with Crippen LogP contribution in [-0.2, 0) is 0 Å². The van der Waals surface area contributed by atoms with E-state index in [2.05, 4.69) is 15.5 Å². The highest BCUT2D eigenvalue weighted by Gasteiger charge is 2.06. The van der Waals surface area contributed by atoms with E-state index in [4.69, 9.17) is 25.6 Å². The van der Waals surface area contributed by atoms with E-state index < -0.39 is 0 Å². The van der Waals surface area contributed by atoms with Gasteiger partial charge in [0.05, 0.1) is 11.6 Å². The minimum Gasteiger partial charge on any atom is -0.494 e. The van der Waals surface area contributed by atoms with Crippen molar-refractivity contribution in [2.75, 3.05) is 11.9 Å². The lowest BCUT2D eigenvalue weighted by Crippen LogP contribution is -2.11. The number of anilines is 1. The van der Waals surface area contributed by atoms with Crippen LogP contribution in [0.15, 0.2) is 53.2 Å². The van der Waals surface area contributed by atoms with Gasteiger partial charge in [-0.1, -0.05) is 28.9 Å². The molecule has 2 heterocycles. The van der Waals surface area contributed by atoms with Crippen LogP contribution in [0.3, 0.4) is 0 Å². The van der Waals surface area contributed by atoms with Crippen molar-refractivity contribution in [2.45, 2.75) is 26.8 Å². The zero-order valence-corrected chi connectivity index (χ0v) is 16.7. The number of benzene rings is 1. The molecule has 0 bridgehead atoms. The maximum absolute atomic E-state index is 6.24. The van der Waals surface area contributed by atoms with Gasteiger partial charge in [-0.05, 0) is 44.5 Å². The number of pyridine rings is 1. The lowest BCUT2D eigenvalue weighted by Gasteiger charge is -2.09. The second-order valence-corrected chi connectivity index (χ2v) is 6.58. The van der Waals surface area contributed by atoms with Crippen molar-refractivity contribution in [3.8, 4) is 17.4 Å². The third-order valence-corrected chi connectivity index (χ3v) is 4.06. The fraction of sp³-hybridized carbons (Fsp3) is 0.238. The monoisotopic (exact) mass is 399 g/mol. The molecule has 0 fully saturated rings. The van der Waals surface area contributed by atoms with Gasteiger partial charge in [0.1, 0.15) is 17.3 Å². The van der Waals surface area contributed by atoms with Crippen LogP contribution in [-0.4, -0.2) is 22.8 Å². The molecular weight excluding hydrogens is 378 g/mol. The summed E-state index contributed by atoms with van der Waals surface area (Å²) in [7, 11) is 0. The Labute approximate surface area is 169 Å². The van der Waals surface area contributed by atoms with E-state index in [1.165, 1.54) is 0 Å². The van der Waals surface area contributed by atoms with Crippen LogP contribution >= 0.6 is 11.6 Å². The van der Waals surface area contributed by atoms with Crippen molar-refractivity contribution in [1.82, 2.24) is 10.1 Å². The predicted molar refractivity (Wildman–Crippen MR) is 110 cm³/mol. The van der Waals surface area contributed by atoms with Crippen LogP contribution in [0.2, 0.25) is 5.02 Å². The Morgan fingerprint density at radius 2 is 2.11 bits per heavy atom. The van der Waals surface area contributed by atoms with Gasteiger partial charge in [0.2, 0.25) is 5.88 Å². The van der Waals surface area contributed by atoms with Crippen molar-refractivity contribution < 1.29 is 14.0 Å². The Balaban J connectivity index is 1.58. The van der Waals surface area contributed by atoms with Gasteiger partial charge in [-0.15, -0.1) is 0 Å². The molecule has 0 spiro atoms. The molecule has 2 aromatic heterocycles. The summed E-state index contributed by atoms with van der Waals surface area (Å²) in [5, 5.41) is 7.62. The third-order valence-electron chi connectivity index (χ3n) is 3.77. The minimum absolute atomic E-state index is 0.0862. The number of hydrogen-bond donors (Lipinski definition) is 1. The summed E-state index contributed by atoms with van der Waals surface area (Å²) in [4.78, 5) is 4.33. The molecule has 0 aliphatic heterocycles. The molecule has 0 unspecified atom stereocenters. The summed E-state index contributed by atoms with van der Waals surface area (Å²) < 4.78 is 16.2. The average Bonchev–Trinajstić information content (AvgIpc) is 3.08. The number of nitrogens with one attached hydrogen (secondary N) is 1. The highest BCUT2D eigenvalue weighted by Crippen LogP contribution is 2.31. The number of nitrogens with zero attached hydrogens (tertiary/aromatic N) is 2. The molecule has 6 nitrogen and oxygen atoms in total. The SMILES string of the molecule is CCOc1ccc(Oc2ccc(C=C[C@H](C)Nc3cc(C)on3)cn2)c(Cl)c1. The van der Waals surface area contributed by atoms with E-state index in [1.807, 2.05) is 51.1 Å². The number of aryl methyl sites for hydroxylation is 1. The fourth-order valence-electron chi connectivity index (χ4n) is 2.46. The Kier molecular flexibility index (Phi) is 6.55. The Morgan fingerprint density at radius 1 is 1.25 bits per heavy atom. The fourth-order valence-corrected chi connectivity index (χ4v) is 2.66. The molecule has 1 N–H and O–H groups in total. The second-order valence-electron chi connectivity index (χ2n) is 6.17. The molecule has 0 aliphatic rings. The Bertz CT molecular complexity index is 938. The lowest BCUT2D eigenvalue weighted by molar-refractivity contribution is 0.339. The Morgan fingerprint density at radius 3 is 2.75 bits per heavy atom. The van der Waals surface area contributed by atoms with E-state index in [1.54, 1.807) is 24.4 Å². The van der Waals surface area contributed by atoms with Crippen molar-refractivity contribution in [2.24, 2.45) is 0 Å². The van der Waals surface area contributed by atoms with Gasteiger partial charge in [0.25, 0.3) is 0 Å². The van der Waals surface area contributed by atoms with Crippen LogP contribution in [0.5, 0.6) is 17.4 Å². The standard InChI is InChI=1S/C21H22ClN3O3/c1-4-26-17-8-9-19(18(22)12-17)27-21-10-7-16(13-23-21)6-5-14(2)24-20-11-15(3)28-25-20/h5-14H,4H2,1-3H3,(H,24,25)/t14-/m0/s1. The topological polar surface area (TPSA) is 69.4 Å². The first-order valence-electron chi connectivity index (χ1n) is 8.98. The summed E-state index contributed by atoms with van der Waals surface area (Å²) in [6.45, 7) is 6.39. The molecule has 0 radical (unpaired) electrons. The van der Waals surface area contributed by atoms with Crippen molar-refractivity contribution in [1.29, 1.82) is 0 Å². The van der Waals surface area contributed by atoms with Gasteiger partial charge in [0, 0.05) is 30.4 Å². The second kappa shape index (κ2) is 9.28. The quantitative estimate of drug-likeness (QED) is 0.521. The van der Waals surface area contributed by atoms with Crippen LogP contribution in [0.1, 0.15) is 25.2 Å². The maximum atomic E-state index is 6.24. The molecule has 0 saturated heterocycles. The molecule has 1 atom stereocenters. The largest absolute Gasteiger partial charge is 0.494 e. The van der Waals surface area contributed by atoms with Gasteiger partial charge < -0.3 is 19.3 Å². The summed E-state index contributed by atoms with van der Waals surface area (Å²) in [6, 6.07) is 11.0. The number of hydrogen-bond acceptors (Lipinski definition) is 6. The normalized spacial score (nSPS) is 12.1. The van der Waals surface area contributed by atoms with E-state index in [0.29, 0.717) is 34.8 Å². The molecule has 0 amide bonds.